The number of methoxy groups -OCH3 is 1. The van der Waals surface area contributed by atoms with Crippen molar-refractivity contribution in [3.05, 3.63) is 47.9 Å². The Labute approximate surface area is 112 Å². The molecule has 5 nitrogen and oxygen atoms in total. The first-order chi connectivity index (χ1) is 9.11. The highest BCUT2D eigenvalue weighted by molar-refractivity contribution is 7.84. The maximum absolute atomic E-state index is 12.2. The molecule has 0 saturated heterocycles. The molecule has 0 aliphatic carbocycles. The lowest BCUT2D eigenvalue weighted by atomic mass is 10.3. The highest BCUT2D eigenvalue weighted by Crippen LogP contribution is 2.23. The normalized spacial score (nSPS) is 12.1. The summed E-state index contributed by atoms with van der Waals surface area (Å²) in [5.41, 5.74) is 0.0482. The van der Waals surface area contributed by atoms with Crippen molar-refractivity contribution in [1.29, 1.82) is 0 Å². The van der Waals surface area contributed by atoms with E-state index in [4.69, 9.17) is 14.3 Å². The second-order valence-corrected chi connectivity index (χ2v) is 5.17. The molecule has 0 aliphatic heterocycles. The standard InChI is InChI=1S/C13H12O5S/c1-17-11-4-2-3-5-12(11)19(16)8-10-6-9(7-18-10)13(14)15/h2-7H,8H2,1H3,(H,14,15). The number of hydrogen-bond acceptors (Lipinski definition) is 4. The molecule has 100 valence electrons. The topological polar surface area (TPSA) is 76.7 Å². The molecule has 0 bridgehead atoms. The van der Waals surface area contributed by atoms with E-state index < -0.39 is 16.8 Å². The minimum atomic E-state index is -1.36. The number of carbonyl (C=O) groups is 1. The Bertz CT molecular complexity index is 617. The van der Waals surface area contributed by atoms with E-state index in [0.29, 0.717) is 16.4 Å². The summed E-state index contributed by atoms with van der Waals surface area (Å²) in [6.07, 6.45) is 1.14. The molecule has 1 aromatic carbocycles. The molecule has 0 radical (unpaired) electrons. The van der Waals surface area contributed by atoms with Gasteiger partial charge in [0.25, 0.3) is 0 Å². The lowest BCUT2D eigenvalue weighted by Crippen LogP contribution is -1.99. The first kappa shape index (κ1) is 13.4. The maximum atomic E-state index is 12.2. The summed E-state index contributed by atoms with van der Waals surface area (Å²) in [7, 11) is 0.148. The van der Waals surface area contributed by atoms with Gasteiger partial charge in [-0.3, -0.25) is 4.21 Å². The van der Waals surface area contributed by atoms with Gasteiger partial charge in [-0.1, -0.05) is 12.1 Å². The lowest BCUT2D eigenvalue weighted by molar-refractivity contribution is 0.0696. The van der Waals surface area contributed by atoms with E-state index in [2.05, 4.69) is 0 Å². The molecule has 0 saturated carbocycles. The molecule has 0 fully saturated rings. The van der Waals surface area contributed by atoms with Crippen molar-refractivity contribution in [2.45, 2.75) is 10.6 Å². The van der Waals surface area contributed by atoms with Crippen LogP contribution in [0, 0.1) is 0 Å². The predicted molar refractivity (Wildman–Crippen MR) is 68.8 cm³/mol. The molecular formula is C13H12O5S. The van der Waals surface area contributed by atoms with E-state index in [1.807, 2.05) is 0 Å². The zero-order chi connectivity index (χ0) is 13.8. The molecule has 1 unspecified atom stereocenters. The Hall–Kier alpha value is -2.08. The number of carboxylic acids is 1. The van der Waals surface area contributed by atoms with Crippen LogP contribution in [0.4, 0.5) is 0 Å². The number of aromatic carboxylic acids is 1. The van der Waals surface area contributed by atoms with Crippen molar-refractivity contribution in [3.63, 3.8) is 0 Å². The number of hydrogen-bond donors (Lipinski definition) is 1. The molecule has 1 aromatic heterocycles. The van der Waals surface area contributed by atoms with Gasteiger partial charge in [0.15, 0.2) is 0 Å². The van der Waals surface area contributed by atoms with Crippen LogP contribution < -0.4 is 4.74 Å². The van der Waals surface area contributed by atoms with Gasteiger partial charge in [-0.2, -0.15) is 0 Å². The molecular weight excluding hydrogens is 268 g/mol. The third-order valence-electron chi connectivity index (χ3n) is 2.49. The van der Waals surface area contributed by atoms with Gasteiger partial charge in [0.1, 0.15) is 17.8 Å². The molecule has 2 aromatic rings. The van der Waals surface area contributed by atoms with Crippen LogP contribution in [0.3, 0.4) is 0 Å². The fourth-order valence-electron chi connectivity index (χ4n) is 1.58. The van der Waals surface area contributed by atoms with Gasteiger partial charge in [-0.05, 0) is 18.2 Å². The van der Waals surface area contributed by atoms with Gasteiger partial charge >= 0.3 is 5.97 Å². The van der Waals surface area contributed by atoms with Crippen LogP contribution in [0.25, 0.3) is 0 Å². The zero-order valence-corrected chi connectivity index (χ0v) is 11.0. The van der Waals surface area contributed by atoms with Crippen LogP contribution in [-0.2, 0) is 16.6 Å². The van der Waals surface area contributed by atoms with Crippen LogP contribution in [-0.4, -0.2) is 22.4 Å². The molecule has 0 amide bonds. The summed E-state index contributed by atoms with van der Waals surface area (Å²) in [4.78, 5) is 11.3. The molecule has 2 rings (SSSR count). The largest absolute Gasteiger partial charge is 0.495 e. The van der Waals surface area contributed by atoms with Crippen LogP contribution in [0.15, 0.2) is 45.9 Å². The third-order valence-corrected chi connectivity index (χ3v) is 3.86. The van der Waals surface area contributed by atoms with Gasteiger partial charge in [0.2, 0.25) is 0 Å². The van der Waals surface area contributed by atoms with Crippen LogP contribution in [0.1, 0.15) is 16.1 Å². The Balaban J connectivity index is 2.18. The Morgan fingerprint density at radius 3 is 2.79 bits per heavy atom. The third kappa shape index (κ3) is 3.03. The van der Waals surface area contributed by atoms with Crippen LogP contribution in [0.2, 0.25) is 0 Å². The van der Waals surface area contributed by atoms with Gasteiger partial charge < -0.3 is 14.3 Å². The Kier molecular flexibility index (Phi) is 4.01. The minimum absolute atomic E-state index is 0.0482. The summed E-state index contributed by atoms with van der Waals surface area (Å²) >= 11 is 0. The van der Waals surface area contributed by atoms with E-state index in [1.165, 1.54) is 13.2 Å². The second kappa shape index (κ2) is 5.71. The van der Waals surface area contributed by atoms with Crippen molar-refractivity contribution >= 4 is 16.8 Å². The number of para-hydroxylation sites is 1. The highest BCUT2D eigenvalue weighted by Gasteiger charge is 2.14. The van der Waals surface area contributed by atoms with Gasteiger partial charge in [0.05, 0.1) is 34.1 Å². The summed E-state index contributed by atoms with van der Waals surface area (Å²) in [5, 5.41) is 8.78. The SMILES string of the molecule is COc1ccccc1S(=O)Cc1cc(C(=O)O)co1. The average Bonchev–Trinajstić information content (AvgIpc) is 2.87. The number of benzene rings is 1. The summed E-state index contributed by atoms with van der Waals surface area (Å²) in [6.45, 7) is 0. The van der Waals surface area contributed by atoms with E-state index in [1.54, 1.807) is 24.3 Å². The van der Waals surface area contributed by atoms with E-state index in [9.17, 15) is 9.00 Å². The molecule has 1 heterocycles. The van der Waals surface area contributed by atoms with Crippen molar-refractivity contribution in [1.82, 2.24) is 0 Å². The van der Waals surface area contributed by atoms with Crippen molar-refractivity contribution < 1.29 is 23.3 Å². The maximum Gasteiger partial charge on any atom is 0.338 e. The smallest absolute Gasteiger partial charge is 0.338 e. The number of carboxylic acid groups (broad SMARTS) is 1. The number of furan rings is 1. The molecule has 6 heteroatoms. The molecule has 1 N–H and O–H groups in total. The van der Waals surface area contributed by atoms with Gasteiger partial charge in [0, 0.05) is 0 Å². The van der Waals surface area contributed by atoms with Crippen molar-refractivity contribution in [2.75, 3.05) is 7.11 Å². The zero-order valence-electron chi connectivity index (χ0n) is 10.2. The highest BCUT2D eigenvalue weighted by atomic mass is 32.2. The van der Waals surface area contributed by atoms with Crippen LogP contribution >= 0.6 is 0 Å². The van der Waals surface area contributed by atoms with Gasteiger partial charge in [-0.15, -0.1) is 0 Å². The quantitative estimate of drug-likeness (QED) is 0.909. The molecule has 0 aliphatic rings. The lowest BCUT2D eigenvalue weighted by Gasteiger charge is -2.06. The molecule has 0 spiro atoms. The van der Waals surface area contributed by atoms with Crippen molar-refractivity contribution in [2.24, 2.45) is 0 Å². The van der Waals surface area contributed by atoms with E-state index in [0.717, 1.165) is 6.26 Å². The number of ether oxygens (including phenoxy) is 1. The summed E-state index contributed by atoms with van der Waals surface area (Å²) in [6, 6.07) is 8.35. The van der Waals surface area contributed by atoms with E-state index >= 15 is 0 Å². The van der Waals surface area contributed by atoms with Gasteiger partial charge in [-0.25, -0.2) is 4.79 Å². The average molecular weight is 280 g/mol. The number of rotatable bonds is 5. The fourth-order valence-corrected chi connectivity index (χ4v) is 2.75. The predicted octanol–water partition coefficient (Wildman–Crippen LogP) is 2.29. The minimum Gasteiger partial charge on any atom is -0.495 e. The Morgan fingerprint density at radius 2 is 2.16 bits per heavy atom. The monoisotopic (exact) mass is 280 g/mol. The summed E-state index contributed by atoms with van der Waals surface area (Å²) in [5.74, 6) is -0.0706. The fraction of sp³-hybridized carbons (Fsp3) is 0.154. The van der Waals surface area contributed by atoms with Crippen molar-refractivity contribution in [3.8, 4) is 5.75 Å². The first-order valence-electron chi connectivity index (χ1n) is 5.44. The first-order valence-corrected chi connectivity index (χ1v) is 6.76. The summed E-state index contributed by atoms with van der Waals surface area (Å²) < 4.78 is 22.4. The van der Waals surface area contributed by atoms with E-state index in [-0.39, 0.29) is 11.3 Å². The molecule has 19 heavy (non-hydrogen) atoms. The van der Waals surface area contributed by atoms with Crippen LogP contribution in [0.5, 0.6) is 5.75 Å². The second-order valence-electron chi connectivity index (χ2n) is 3.75. The Morgan fingerprint density at radius 1 is 1.42 bits per heavy atom. The molecule has 1 atom stereocenters.